The molecule has 3 rings (SSSR count). The molecule has 2 heterocycles. The van der Waals surface area contributed by atoms with Crippen molar-refractivity contribution in [1.82, 2.24) is 30.9 Å². The van der Waals surface area contributed by atoms with E-state index in [1.54, 1.807) is 6.20 Å². The highest BCUT2D eigenvalue weighted by Crippen LogP contribution is 2.51. The summed E-state index contributed by atoms with van der Waals surface area (Å²) in [6.07, 6.45) is 2.66. The number of aromatic nitrogens is 5. The van der Waals surface area contributed by atoms with E-state index in [1.807, 2.05) is 12.1 Å². The zero-order valence-corrected chi connectivity index (χ0v) is 12.6. The summed E-state index contributed by atoms with van der Waals surface area (Å²) in [6.45, 7) is 5.36. The van der Waals surface area contributed by atoms with Crippen molar-refractivity contribution in [3.05, 3.63) is 18.3 Å². The third-order valence-electron chi connectivity index (χ3n) is 3.94. The largest absolute Gasteiger partial charge is 0.368 e. The number of nitrogens with zero attached hydrogens (tertiary/aromatic N) is 4. The molecule has 1 unspecified atom stereocenters. The fourth-order valence-electron chi connectivity index (χ4n) is 2.41. The predicted octanol–water partition coefficient (Wildman–Crippen LogP) is 0.836. The van der Waals surface area contributed by atoms with Gasteiger partial charge in [0.15, 0.2) is 0 Å². The molecule has 0 aliphatic heterocycles. The summed E-state index contributed by atoms with van der Waals surface area (Å²) in [6, 6.07) is 3.68. The van der Waals surface area contributed by atoms with Crippen molar-refractivity contribution in [2.45, 2.75) is 20.3 Å². The summed E-state index contributed by atoms with van der Waals surface area (Å²) in [5.74, 6) is 1.44. The van der Waals surface area contributed by atoms with Crippen molar-refractivity contribution in [2.24, 2.45) is 11.3 Å². The van der Waals surface area contributed by atoms with Gasteiger partial charge in [-0.05, 0) is 29.2 Å². The molecule has 1 saturated carbocycles. The van der Waals surface area contributed by atoms with Gasteiger partial charge in [0.05, 0.1) is 5.56 Å². The fraction of sp³-hybridized carbons (Fsp3) is 0.500. The van der Waals surface area contributed by atoms with Gasteiger partial charge in [-0.25, -0.2) is 4.98 Å². The van der Waals surface area contributed by atoms with Gasteiger partial charge in [-0.2, -0.15) is 5.21 Å². The number of pyridine rings is 1. The number of rotatable bonds is 6. The molecule has 2 aromatic heterocycles. The fourth-order valence-corrected chi connectivity index (χ4v) is 2.41. The molecule has 22 heavy (non-hydrogen) atoms. The predicted molar refractivity (Wildman–Crippen MR) is 80.8 cm³/mol. The van der Waals surface area contributed by atoms with Gasteiger partial charge in [-0.15, -0.1) is 10.2 Å². The molecule has 8 nitrogen and oxygen atoms in total. The molecule has 1 atom stereocenters. The number of H-pyrrole nitrogens is 1. The van der Waals surface area contributed by atoms with Crippen molar-refractivity contribution in [3.8, 4) is 11.4 Å². The number of amides is 1. The van der Waals surface area contributed by atoms with Crippen LogP contribution in [0.4, 0.5) is 5.82 Å². The normalized spacial score (nSPS) is 18.7. The second-order valence-corrected chi connectivity index (χ2v) is 6.10. The topological polar surface area (TPSA) is 108 Å². The summed E-state index contributed by atoms with van der Waals surface area (Å²) in [5, 5.41) is 20.0. The smallest absolute Gasteiger partial charge is 0.223 e. The Kier molecular flexibility index (Phi) is 3.74. The second kappa shape index (κ2) is 5.70. The van der Waals surface area contributed by atoms with Crippen LogP contribution in [0.25, 0.3) is 11.4 Å². The number of tetrazole rings is 1. The molecule has 2 aromatic rings. The third kappa shape index (κ3) is 3.05. The maximum absolute atomic E-state index is 11.9. The number of aromatic amines is 1. The minimum atomic E-state index is 0.131. The van der Waals surface area contributed by atoms with Crippen LogP contribution in [-0.4, -0.2) is 44.6 Å². The Hall–Kier alpha value is -2.51. The minimum Gasteiger partial charge on any atom is -0.368 e. The highest BCUT2D eigenvalue weighted by Gasteiger charge is 2.50. The molecule has 1 fully saturated rings. The van der Waals surface area contributed by atoms with E-state index in [0.717, 1.165) is 12.0 Å². The maximum atomic E-state index is 11.9. The van der Waals surface area contributed by atoms with Gasteiger partial charge in [0, 0.05) is 25.2 Å². The molecule has 8 heteroatoms. The summed E-state index contributed by atoms with van der Waals surface area (Å²) < 4.78 is 0. The molecule has 0 spiro atoms. The van der Waals surface area contributed by atoms with Crippen LogP contribution in [0.1, 0.15) is 20.3 Å². The first kappa shape index (κ1) is 14.4. The number of carbonyl (C=O) groups excluding carboxylic acids is 1. The van der Waals surface area contributed by atoms with E-state index in [0.29, 0.717) is 24.7 Å². The SMILES string of the molecule is CC1(C)CC1C(=O)NCCNc1ncccc1-c1nn[nH]n1. The van der Waals surface area contributed by atoms with Crippen molar-refractivity contribution < 1.29 is 4.79 Å². The van der Waals surface area contributed by atoms with E-state index < -0.39 is 0 Å². The second-order valence-electron chi connectivity index (χ2n) is 6.10. The van der Waals surface area contributed by atoms with Crippen LogP contribution in [0.5, 0.6) is 0 Å². The number of hydrogen-bond donors (Lipinski definition) is 3. The Balaban J connectivity index is 1.51. The Morgan fingerprint density at radius 1 is 1.45 bits per heavy atom. The first-order valence-electron chi connectivity index (χ1n) is 7.28. The molecule has 1 aliphatic rings. The number of carbonyl (C=O) groups is 1. The van der Waals surface area contributed by atoms with E-state index in [2.05, 4.69) is 50.1 Å². The maximum Gasteiger partial charge on any atom is 0.223 e. The van der Waals surface area contributed by atoms with Gasteiger partial charge in [-0.3, -0.25) is 4.79 Å². The van der Waals surface area contributed by atoms with Gasteiger partial charge in [0.1, 0.15) is 5.82 Å². The van der Waals surface area contributed by atoms with Crippen LogP contribution in [0, 0.1) is 11.3 Å². The van der Waals surface area contributed by atoms with E-state index in [-0.39, 0.29) is 17.2 Å². The Bertz CT molecular complexity index is 653. The molecule has 0 aromatic carbocycles. The molecule has 1 aliphatic carbocycles. The van der Waals surface area contributed by atoms with Crippen LogP contribution in [0.15, 0.2) is 18.3 Å². The zero-order valence-electron chi connectivity index (χ0n) is 12.6. The summed E-state index contributed by atoms with van der Waals surface area (Å²) in [4.78, 5) is 16.2. The number of nitrogens with one attached hydrogen (secondary N) is 3. The minimum absolute atomic E-state index is 0.131. The Morgan fingerprint density at radius 3 is 2.95 bits per heavy atom. The van der Waals surface area contributed by atoms with E-state index in [4.69, 9.17) is 0 Å². The first-order chi connectivity index (χ1) is 10.6. The first-order valence-corrected chi connectivity index (χ1v) is 7.28. The summed E-state index contributed by atoms with van der Waals surface area (Å²) in [7, 11) is 0. The summed E-state index contributed by atoms with van der Waals surface area (Å²) >= 11 is 0. The number of anilines is 1. The van der Waals surface area contributed by atoms with Crippen LogP contribution in [0.3, 0.4) is 0 Å². The molecular weight excluding hydrogens is 282 g/mol. The highest BCUT2D eigenvalue weighted by atomic mass is 16.2. The average molecular weight is 301 g/mol. The number of hydrogen-bond acceptors (Lipinski definition) is 6. The lowest BCUT2D eigenvalue weighted by atomic mass is 10.1. The molecule has 3 N–H and O–H groups in total. The Morgan fingerprint density at radius 2 is 2.27 bits per heavy atom. The van der Waals surface area contributed by atoms with E-state index >= 15 is 0 Å². The van der Waals surface area contributed by atoms with Crippen LogP contribution >= 0.6 is 0 Å². The van der Waals surface area contributed by atoms with Crippen molar-refractivity contribution in [1.29, 1.82) is 0 Å². The van der Waals surface area contributed by atoms with E-state index in [1.165, 1.54) is 0 Å². The van der Waals surface area contributed by atoms with Crippen molar-refractivity contribution >= 4 is 11.7 Å². The van der Waals surface area contributed by atoms with Crippen LogP contribution < -0.4 is 10.6 Å². The van der Waals surface area contributed by atoms with E-state index in [9.17, 15) is 4.79 Å². The highest BCUT2D eigenvalue weighted by molar-refractivity contribution is 5.82. The van der Waals surface area contributed by atoms with Gasteiger partial charge in [0.25, 0.3) is 0 Å². The van der Waals surface area contributed by atoms with Crippen LogP contribution in [0.2, 0.25) is 0 Å². The van der Waals surface area contributed by atoms with Crippen molar-refractivity contribution in [2.75, 3.05) is 18.4 Å². The quantitative estimate of drug-likeness (QED) is 0.682. The molecule has 1 amide bonds. The van der Waals surface area contributed by atoms with Gasteiger partial charge in [0.2, 0.25) is 11.7 Å². The van der Waals surface area contributed by atoms with Gasteiger partial charge in [-0.1, -0.05) is 13.8 Å². The monoisotopic (exact) mass is 301 g/mol. The lowest BCUT2D eigenvalue weighted by molar-refractivity contribution is -0.122. The average Bonchev–Trinajstić information content (AvgIpc) is 2.92. The molecule has 0 radical (unpaired) electrons. The molecular formula is C14H19N7O. The van der Waals surface area contributed by atoms with Crippen molar-refractivity contribution in [3.63, 3.8) is 0 Å². The molecule has 116 valence electrons. The molecule has 0 bridgehead atoms. The summed E-state index contributed by atoms with van der Waals surface area (Å²) in [5.41, 5.74) is 0.926. The third-order valence-corrected chi connectivity index (χ3v) is 3.94. The molecule has 0 saturated heterocycles. The lowest BCUT2D eigenvalue weighted by Gasteiger charge is -2.10. The Labute approximate surface area is 128 Å². The lowest BCUT2D eigenvalue weighted by Crippen LogP contribution is -2.31. The van der Waals surface area contributed by atoms with Gasteiger partial charge >= 0.3 is 0 Å². The standard InChI is InChI=1S/C14H19N7O/c1-14(2)8-10(14)13(22)17-7-6-16-11-9(4-3-5-15-11)12-18-20-21-19-12/h3-5,10H,6-8H2,1-2H3,(H,15,16)(H,17,22)(H,18,19,20,21). The van der Waals surface area contributed by atoms with Gasteiger partial charge < -0.3 is 10.6 Å². The van der Waals surface area contributed by atoms with Crippen LogP contribution in [-0.2, 0) is 4.79 Å². The zero-order chi connectivity index (χ0) is 15.6.